The van der Waals surface area contributed by atoms with Crippen molar-refractivity contribution >= 4 is 51.3 Å². The Labute approximate surface area is 215 Å². The summed E-state index contributed by atoms with van der Waals surface area (Å²) in [4.78, 5) is 9.51. The molecule has 5 rings (SSSR count). The van der Waals surface area contributed by atoms with E-state index in [1.807, 2.05) is 80.6 Å². The van der Waals surface area contributed by atoms with Gasteiger partial charge in [0.25, 0.3) is 0 Å². The number of nitriles is 1. The topological polar surface area (TPSA) is 85.7 Å². The lowest BCUT2D eigenvalue weighted by molar-refractivity contribution is 1.32. The van der Waals surface area contributed by atoms with E-state index in [1.54, 1.807) is 36.6 Å². The molecule has 0 bridgehead atoms. The van der Waals surface area contributed by atoms with Gasteiger partial charge in [-0.15, -0.1) is 0 Å². The highest BCUT2D eigenvalue weighted by molar-refractivity contribution is 8.00. The Morgan fingerprint density at radius 1 is 0.694 bits per heavy atom. The van der Waals surface area contributed by atoms with Crippen LogP contribution in [0.5, 0.6) is 0 Å². The number of aromatic nitrogens is 2. The summed E-state index contributed by atoms with van der Waals surface area (Å²) >= 11 is 1.55. The maximum Gasteiger partial charge on any atom is 0.0991 e. The summed E-state index contributed by atoms with van der Waals surface area (Å²) in [5.41, 5.74) is 6.38. The molecule has 0 unspecified atom stereocenters. The summed E-state index contributed by atoms with van der Waals surface area (Å²) in [6, 6.07) is 29.8. The summed E-state index contributed by atoms with van der Waals surface area (Å²) in [5.74, 6) is 0. The monoisotopic (exact) mass is 490 g/mol. The number of hydrogen-bond acceptors (Lipinski definition) is 7. The molecule has 2 aromatic heterocycles. The first-order valence-corrected chi connectivity index (χ1v) is 12.4. The molecule has 3 aromatic carbocycles. The normalized spacial score (nSPS) is 10.0. The molecule has 0 saturated heterocycles. The van der Waals surface area contributed by atoms with E-state index in [0.717, 1.165) is 44.2 Å². The Hall–Kier alpha value is -4.54. The third kappa shape index (κ3) is 6.32. The minimum absolute atomic E-state index is 0.613. The van der Waals surface area contributed by atoms with Gasteiger partial charge in [0.15, 0.2) is 0 Å². The molecule has 36 heavy (non-hydrogen) atoms. The van der Waals surface area contributed by atoms with Crippen molar-refractivity contribution in [1.82, 2.24) is 9.97 Å². The van der Waals surface area contributed by atoms with E-state index in [2.05, 4.69) is 43.5 Å². The molecule has 5 aromatic rings. The van der Waals surface area contributed by atoms with Gasteiger partial charge in [0, 0.05) is 57.3 Å². The molecule has 178 valence electrons. The SMILES string of the molecule is CC.N#Cc1ccc2nccc(Nc3ccc(SNc4ccc(Nc5ccncc5)cc4)cc3)c2c1. The number of pyridine rings is 2. The average molecular weight is 491 g/mol. The molecule has 0 amide bonds. The van der Waals surface area contributed by atoms with Crippen LogP contribution in [-0.4, -0.2) is 9.97 Å². The summed E-state index contributed by atoms with van der Waals surface area (Å²) < 4.78 is 3.38. The molecule has 0 aliphatic rings. The molecule has 0 fully saturated rings. The second kappa shape index (κ2) is 12.2. The van der Waals surface area contributed by atoms with Crippen molar-refractivity contribution < 1.29 is 0 Å². The first-order chi connectivity index (χ1) is 17.8. The van der Waals surface area contributed by atoms with Crippen LogP contribution >= 0.6 is 11.9 Å². The molecule has 0 aliphatic carbocycles. The number of benzene rings is 3. The van der Waals surface area contributed by atoms with E-state index in [9.17, 15) is 5.26 Å². The third-order valence-electron chi connectivity index (χ3n) is 5.14. The van der Waals surface area contributed by atoms with Gasteiger partial charge in [-0.3, -0.25) is 9.97 Å². The van der Waals surface area contributed by atoms with Crippen LogP contribution in [0.25, 0.3) is 10.9 Å². The van der Waals surface area contributed by atoms with Gasteiger partial charge in [-0.2, -0.15) is 5.26 Å². The number of fused-ring (bicyclic) bond motifs is 1. The lowest BCUT2D eigenvalue weighted by atomic mass is 10.1. The first-order valence-electron chi connectivity index (χ1n) is 11.6. The molecule has 6 nitrogen and oxygen atoms in total. The van der Waals surface area contributed by atoms with Crippen molar-refractivity contribution in [1.29, 1.82) is 5.26 Å². The fraction of sp³-hybridized carbons (Fsp3) is 0.0690. The van der Waals surface area contributed by atoms with Crippen molar-refractivity contribution in [2.24, 2.45) is 0 Å². The number of hydrogen-bond donors (Lipinski definition) is 3. The van der Waals surface area contributed by atoms with Crippen LogP contribution in [0.4, 0.5) is 28.4 Å². The van der Waals surface area contributed by atoms with Crippen LogP contribution in [0, 0.1) is 11.3 Å². The predicted octanol–water partition coefficient (Wildman–Crippen LogP) is 8.13. The van der Waals surface area contributed by atoms with Gasteiger partial charge in [-0.05, 0) is 96.9 Å². The van der Waals surface area contributed by atoms with Crippen molar-refractivity contribution in [3.05, 3.63) is 109 Å². The van der Waals surface area contributed by atoms with Gasteiger partial charge in [-0.25, -0.2) is 0 Å². The van der Waals surface area contributed by atoms with Gasteiger partial charge >= 0.3 is 0 Å². The van der Waals surface area contributed by atoms with Gasteiger partial charge in [0.1, 0.15) is 0 Å². The van der Waals surface area contributed by atoms with Crippen molar-refractivity contribution in [3.8, 4) is 6.07 Å². The second-order valence-electron chi connectivity index (χ2n) is 7.49. The summed E-state index contributed by atoms with van der Waals surface area (Å²) in [6.45, 7) is 4.00. The summed E-state index contributed by atoms with van der Waals surface area (Å²) in [6.07, 6.45) is 5.29. The van der Waals surface area contributed by atoms with Crippen LogP contribution in [0.1, 0.15) is 19.4 Å². The molecule has 0 atom stereocenters. The van der Waals surface area contributed by atoms with Gasteiger partial charge < -0.3 is 15.4 Å². The predicted molar refractivity (Wildman–Crippen MR) is 151 cm³/mol. The fourth-order valence-electron chi connectivity index (χ4n) is 3.43. The largest absolute Gasteiger partial charge is 0.355 e. The van der Waals surface area contributed by atoms with Crippen LogP contribution in [0.2, 0.25) is 0 Å². The Bertz CT molecular complexity index is 1450. The number of rotatable bonds is 7. The van der Waals surface area contributed by atoms with Gasteiger partial charge in [-0.1, -0.05) is 13.8 Å². The average Bonchev–Trinajstić information content (AvgIpc) is 2.95. The zero-order valence-electron chi connectivity index (χ0n) is 20.1. The summed E-state index contributed by atoms with van der Waals surface area (Å²) in [7, 11) is 0. The Kier molecular flexibility index (Phi) is 8.36. The Balaban J connectivity index is 0.00000148. The molecular formula is C29H26N6S. The first kappa shape index (κ1) is 24.6. The standard InChI is InChI=1S/C27H20N6S.C2H6/c28-18-19-1-10-26-25(17-19)27(13-16-30-26)32-21-6-8-24(9-7-21)34-33-23-4-2-20(3-5-23)31-22-11-14-29-15-12-22;1-2/h1-17,33H,(H,29,31)(H,30,32);1-2H3. The highest BCUT2D eigenvalue weighted by atomic mass is 32.2. The molecule has 0 spiro atoms. The lowest BCUT2D eigenvalue weighted by Gasteiger charge is -2.11. The Morgan fingerprint density at radius 3 is 2.06 bits per heavy atom. The molecule has 3 N–H and O–H groups in total. The van der Waals surface area contributed by atoms with Crippen LogP contribution in [-0.2, 0) is 0 Å². The van der Waals surface area contributed by atoms with Gasteiger partial charge in [0.2, 0.25) is 0 Å². The molecule has 0 radical (unpaired) electrons. The van der Waals surface area contributed by atoms with Crippen molar-refractivity contribution in [3.63, 3.8) is 0 Å². The summed E-state index contributed by atoms with van der Waals surface area (Å²) in [5, 5.41) is 16.9. The van der Waals surface area contributed by atoms with Crippen molar-refractivity contribution in [2.45, 2.75) is 18.7 Å². The van der Waals surface area contributed by atoms with E-state index >= 15 is 0 Å². The quantitative estimate of drug-likeness (QED) is 0.199. The third-order valence-corrected chi connectivity index (χ3v) is 5.99. The van der Waals surface area contributed by atoms with Crippen LogP contribution in [0.15, 0.2) is 108 Å². The zero-order chi connectivity index (χ0) is 25.2. The lowest BCUT2D eigenvalue weighted by Crippen LogP contribution is -1.93. The molecular weight excluding hydrogens is 464 g/mol. The van der Waals surface area contributed by atoms with E-state index < -0.39 is 0 Å². The minimum Gasteiger partial charge on any atom is -0.355 e. The highest BCUT2D eigenvalue weighted by Gasteiger charge is 2.05. The molecule has 2 heterocycles. The fourth-order valence-corrected chi connectivity index (χ4v) is 4.07. The van der Waals surface area contributed by atoms with Crippen LogP contribution in [0.3, 0.4) is 0 Å². The molecule has 0 aliphatic heterocycles. The van der Waals surface area contributed by atoms with E-state index in [-0.39, 0.29) is 0 Å². The number of nitrogens with one attached hydrogen (secondary N) is 3. The molecule has 0 saturated carbocycles. The van der Waals surface area contributed by atoms with E-state index in [1.165, 1.54) is 0 Å². The van der Waals surface area contributed by atoms with Gasteiger partial charge in [0.05, 0.1) is 17.1 Å². The van der Waals surface area contributed by atoms with E-state index in [4.69, 9.17) is 0 Å². The smallest absolute Gasteiger partial charge is 0.0991 e. The second-order valence-corrected chi connectivity index (χ2v) is 8.37. The minimum atomic E-state index is 0.613. The van der Waals surface area contributed by atoms with Crippen LogP contribution < -0.4 is 15.4 Å². The highest BCUT2D eigenvalue weighted by Crippen LogP contribution is 2.28. The Morgan fingerprint density at radius 2 is 1.33 bits per heavy atom. The number of anilines is 5. The number of nitrogens with zero attached hydrogens (tertiary/aromatic N) is 3. The van der Waals surface area contributed by atoms with E-state index in [0.29, 0.717) is 5.56 Å². The maximum absolute atomic E-state index is 9.21. The van der Waals surface area contributed by atoms with Crippen molar-refractivity contribution in [2.75, 3.05) is 15.4 Å². The molecule has 7 heteroatoms. The maximum atomic E-state index is 9.21. The zero-order valence-corrected chi connectivity index (χ0v) is 20.9.